The minimum absolute atomic E-state index is 0.0167. The molecular formula is C28H33ClN6O2. The van der Waals surface area contributed by atoms with Gasteiger partial charge < -0.3 is 20.9 Å². The summed E-state index contributed by atoms with van der Waals surface area (Å²) in [7, 11) is 0. The SMILES string of the molecule is C=CC(=O)N[C@@H]1C[C@H](C(=O)N[C@H]2CCC[C@@H](Nc3ncc(Cl)c(-c4c[nH]c5c4=CCCC=5)n3)C2)C2CC21. The zero-order valence-corrected chi connectivity index (χ0v) is 21.6. The second kappa shape index (κ2) is 9.97. The van der Waals surface area contributed by atoms with E-state index in [0.29, 0.717) is 29.2 Å². The summed E-state index contributed by atoms with van der Waals surface area (Å²) >= 11 is 6.51. The molecule has 194 valence electrons. The average Bonchev–Trinajstić information content (AvgIpc) is 3.45. The van der Waals surface area contributed by atoms with Crippen LogP contribution in [-0.2, 0) is 9.59 Å². The number of amides is 2. The zero-order chi connectivity index (χ0) is 25.5. The van der Waals surface area contributed by atoms with Gasteiger partial charge in [0.15, 0.2) is 0 Å². The average molecular weight is 521 g/mol. The fourth-order valence-electron chi connectivity index (χ4n) is 6.55. The van der Waals surface area contributed by atoms with E-state index >= 15 is 0 Å². The normalized spacial score (nSPS) is 29.6. The summed E-state index contributed by atoms with van der Waals surface area (Å²) in [4.78, 5) is 37.4. The van der Waals surface area contributed by atoms with Crippen molar-refractivity contribution in [1.29, 1.82) is 0 Å². The Hall–Kier alpha value is -3.13. The number of H-pyrrole nitrogens is 1. The molecule has 2 heterocycles. The molecule has 4 aliphatic rings. The molecule has 0 saturated heterocycles. The molecule has 3 saturated carbocycles. The van der Waals surface area contributed by atoms with Gasteiger partial charge in [-0.25, -0.2) is 9.97 Å². The van der Waals surface area contributed by atoms with E-state index in [1.807, 2.05) is 6.20 Å². The zero-order valence-electron chi connectivity index (χ0n) is 20.8. The minimum Gasteiger partial charge on any atom is -0.361 e. The van der Waals surface area contributed by atoms with Gasteiger partial charge in [0.1, 0.15) is 0 Å². The molecule has 2 unspecified atom stereocenters. The molecule has 0 spiro atoms. The molecule has 0 bridgehead atoms. The van der Waals surface area contributed by atoms with Crippen LogP contribution in [0.3, 0.4) is 0 Å². The summed E-state index contributed by atoms with van der Waals surface area (Å²) in [6.07, 6.45) is 17.0. The Bertz CT molecular complexity index is 1350. The van der Waals surface area contributed by atoms with Crippen molar-refractivity contribution >= 4 is 41.5 Å². The molecule has 2 amide bonds. The first-order valence-electron chi connectivity index (χ1n) is 13.4. The molecule has 0 radical (unpaired) electrons. The van der Waals surface area contributed by atoms with E-state index in [-0.39, 0.29) is 35.9 Å². The van der Waals surface area contributed by atoms with Crippen molar-refractivity contribution in [2.45, 2.75) is 69.5 Å². The molecule has 9 heteroatoms. The third-order valence-corrected chi connectivity index (χ3v) is 8.73. The number of fused-ring (bicyclic) bond motifs is 2. The van der Waals surface area contributed by atoms with Crippen molar-refractivity contribution in [2.75, 3.05) is 5.32 Å². The number of carbonyl (C=O) groups is 2. The monoisotopic (exact) mass is 520 g/mol. The highest BCUT2D eigenvalue weighted by molar-refractivity contribution is 6.32. The Kier molecular flexibility index (Phi) is 6.53. The van der Waals surface area contributed by atoms with Crippen molar-refractivity contribution in [2.24, 2.45) is 17.8 Å². The van der Waals surface area contributed by atoms with E-state index in [1.165, 1.54) is 6.08 Å². The van der Waals surface area contributed by atoms with E-state index in [1.54, 1.807) is 6.20 Å². The fourth-order valence-corrected chi connectivity index (χ4v) is 6.75. The topological polar surface area (TPSA) is 112 Å². The van der Waals surface area contributed by atoms with Crippen molar-refractivity contribution in [3.8, 4) is 11.3 Å². The number of anilines is 1. The van der Waals surface area contributed by atoms with Crippen molar-refractivity contribution < 1.29 is 9.59 Å². The highest BCUT2D eigenvalue weighted by atomic mass is 35.5. The molecule has 8 nitrogen and oxygen atoms in total. The second-order valence-corrected chi connectivity index (χ2v) is 11.3. The van der Waals surface area contributed by atoms with Gasteiger partial charge >= 0.3 is 0 Å². The molecule has 6 atom stereocenters. The lowest BCUT2D eigenvalue weighted by atomic mass is 9.90. The molecule has 37 heavy (non-hydrogen) atoms. The summed E-state index contributed by atoms with van der Waals surface area (Å²) in [6.45, 7) is 3.53. The van der Waals surface area contributed by atoms with Gasteiger partial charge in [-0.3, -0.25) is 9.59 Å². The van der Waals surface area contributed by atoms with Crippen LogP contribution in [0.25, 0.3) is 23.4 Å². The second-order valence-electron chi connectivity index (χ2n) is 10.8. The molecule has 3 fully saturated rings. The first kappa shape index (κ1) is 24.2. The van der Waals surface area contributed by atoms with Crippen LogP contribution in [0.4, 0.5) is 5.95 Å². The van der Waals surface area contributed by atoms with E-state index in [2.05, 4.69) is 44.6 Å². The summed E-state index contributed by atoms with van der Waals surface area (Å²) in [5.41, 5.74) is 1.72. The summed E-state index contributed by atoms with van der Waals surface area (Å²) in [5.74, 6) is 1.34. The van der Waals surface area contributed by atoms with E-state index in [4.69, 9.17) is 16.6 Å². The molecule has 4 aliphatic carbocycles. The van der Waals surface area contributed by atoms with Crippen LogP contribution >= 0.6 is 11.6 Å². The summed E-state index contributed by atoms with van der Waals surface area (Å²) in [6, 6.07) is 0.376. The molecule has 0 aliphatic heterocycles. The van der Waals surface area contributed by atoms with Crippen LogP contribution in [0.15, 0.2) is 25.0 Å². The van der Waals surface area contributed by atoms with Crippen molar-refractivity contribution in [3.63, 3.8) is 0 Å². The smallest absolute Gasteiger partial charge is 0.243 e. The maximum absolute atomic E-state index is 13.1. The fraction of sp³-hybridized carbons (Fsp3) is 0.500. The lowest BCUT2D eigenvalue weighted by molar-refractivity contribution is -0.126. The van der Waals surface area contributed by atoms with Crippen LogP contribution in [-0.4, -0.2) is 44.9 Å². The number of halogens is 1. The standard InChI is InChI=1S/C28H33ClN6O2/c1-2-25(36)34-24-12-20(18-11-19(18)24)27(37)32-15-6-5-7-16(10-15)33-28-31-14-22(29)26(35-28)21-13-30-23-9-4-3-8-17(21)23/h2,8-9,13-16,18-20,24,30H,1,3-7,10-12H2,(H,32,37)(H,34,36)(H,31,33,35)/t15-,16+,18?,19?,20-,24+/m0/s1. The van der Waals surface area contributed by atoms with Gasteiger partial charge in [-0.15, -0.1) is 0 Å². The molecular weight excluding hydrogens is 488 g/mol. The number of hydrogen-bond donors (Lipinski definition) is 4. The Morgan fingerprint density at radius 2 is 1.92 bits per heavy atom. The number of nitrogens with zero attached hydrogens (tertiary/aromatic N) is 2. The van der Waals surface area contributed by atoms with Gasteiger partial charge in [0, 0.05) is 46.4 Å². The van der Waals surface area contributed by atoms with Crippen LogP contribution in [0.1, 0.15) is 51.4 Å². The van der Waals surface area contributed by atoms with Gasteiger partial charge in [-0.05, 0) is 69.3 Å². The highest BCUT2D eigenvalue weighted by Crippen LogP contribution is 2.55. The van der Waals surface area contributed by atoms with Gasteiger partial charge in [-0.1, -0.05) is 30.3 Å². The minimum atomic E-state index is -0.154. The predicted molar refractivity (Wildman–Crippen MR) is 144 cm³/mol. The van der Waals surface area contributed by atoms with Crippen molar-refractivity contribution in [3.05, 3.63) is 40.6 Å². The quantitative estimate of drug-likeness (QED) is 0.419. The molecule has 2 aromatic rings. The highest BCUT2D eigenvalue weighted by Gasteiger charge is 2.57. The maximum atomic E-state index is 13.1. The Balaban J connectivity index is 1.09. The van der Waals surface area contributed by atoms with E-state index in [9.17, 15) is 9.59 Å². The van der Waals surface area contributed by atoms with E-state index in [0.717, 1.165) is 66.8 Å². The predicted octanol–water partition coefficient (Wildman–Crippen LogP) is 2.65. The first-order chi connectivity index (χ1) is 18.0. The van der Waals surface area contributed by atoms with Gasteiger partial charge in [-0.2, -0.15) is 0 Å². The third-order valence-electron chi connectivity index (χ3n) is 8.45. The van der Waals surface area contributed by atoms with E-state index < -0.39 is 0 Å². The Morgan fingerprint density at radius 3 is 2.78 bits per heavy atom. The number of hydrogen-bond acceptors (Lipinski definition) is 5. The number of aromatic nitrogens is 3. The summed E-state index contributed by atoms with van der Waals surface area (Å²) in [5, 5.41) is 12.6. The van der Waals surface area contributed by atoms with Crippen LogP contribution in [0.2, 0.25) is 5.02 Å². The first-order valence-corrected chi connectivity index (χ1v) is 13.8. The van der Waals surface area contributed by atoms with Crippen LogP contribution in [0, 0.1) is 17.8 Å². The lowest BCUT2D eigenvalue weighted by Gasteiger charge is -2.31. The van der Waals surface area contributed by atoms with Gasteiger partial charge in [0.05, 0.1) is 16.9 Å². The number of aromatic amines is 1. The van der Waals surface area contributed by atoms with Crippen molar-refractivity contribution in [1.82, 2.24) is 25.6 Å². The maximum Gasteiger partial charge on any atom is 0.243 e. The largest absolute Gasteiger partial charge is 0.361 e. The molecule has 6 rings (SSSR count). The van der Waals surface area contributed by atoms with Crippen LogP contribution in [0.5, 0.6) is 0 Å². The Morgan fingerprint density at radius 1 is 1.08 bits per heavy atom. The molecule has 0 aromatic carbocycles. The van der Waals surface area contributed by atoms with Gasteiger partial charge in [0.25, 0.3) is 0 Å². The third kappa shape index (κ3) is 4.91. The van der Waals surface area contributed by atoms with Gasteiger partial charge in [0.2, 0.25) is 17.8 Å². The van der Waals surface area contributed by atoms with Crippen LogP contribution < -0.4 is 26.5 Å². The number of rotatable bonds is 7. The Labute approximate surface area is 221 Å². The lowest BCUT2D eigenvalue weighted by Crippen LogP contribution is -2.45. The molecule has 2 aromatic heterocycles. The molecule has 4 N–H and O–H groups in total. The number of nitrogens with one attached hydrogen (secondary N) is 4. The number of carbonyl (C=O) groups excluding carboxylic acids is 2. The summed E-state index contributed by atoms with van der Waals surface area (Å²) < 4.78 is 0.